The van der Waals surface area contributed by atoms with Crippen LogP contribution < -0.4 is 20.1 Å². The van der Waals surface area contributed by atoms with Crippen molar-refractivity contribution in [3.05, 3.63) is 36.0 Å². The average molecular weight is 372 g/mol. The number of nitrogens with zero attached hydrogens (tertiary/aromatic N) is 2. The summed E-state index contributed by atoms with van der Waals surface area (Å²) >= 11 is 0. The molecule has 0 atom stereocenters. The molecule has 0 aliphatic rings. The molecule has 0 aliphatic heterocycles. The molecule has 2 aromatic rings. The molecule has 0 saturated heterocycles. The largest absolute Gasteiger partial charge is 0.573 e. The van der Waals surface area contributed by atoms with Crippen molar-refractivity contribution < 1.29 is 32.2 Å². The van der Waals surface area contributed by atoms with E-state index in [1.54, 1.807) is 7.05 Å². The van der Waals surface area contributed by atoms with E-state index in [2.05, 4.69) is 20.5 Å². The second kappa shape index (κ2) is 7.76. The van der Waals surface area contributed by atoms with Gasteiger partial charge in [-0.2, -0.15) is 0 Å². The van der Waals surface area contributed by atoms with Gasteiger partial charge in [0.05, 0.1) is 13.7 Å². The van der Waals surface area contributed by atoms with Crippen molar-refractivity contribution in [2.24, 2.45) is 7.05 Å². The summed E-state index contributed by atoms with van der Waals surface area (Å²) in [6.45, 7) is -0.350. The molecule has 1 aromatic heterocycles. The first-order valence-corrected chi connectivity index (χ1v) is 7.19. The minimum atomic E-state index is -4.79. The topological polar surface area (TPSA) is 94.5 Å². The van der Waals surface area contributed by atoms with Crippen molar-refractivity contribution >= 4 is 17.5 Å². The molecule has 0 spiro atoms. The van der Waals surface area contributed by atoms with Gasteiger partial charge in [-0.1, -0.05) is 0 Å². The molecule has 2 N–H and O–H groups in total. The first-order valence-electron chi connectivity index (χ1n) is 7.19. The number of alkyl halides is 3. The number of carbonyl (C=O) groups excluding carboxylic acids is 2. The highest BCUT2D eigenvalue weighted by Gasteiger charge is 2.30. The maximum Gasteiger partial charge on any atom is 0.573 e. The third kappa shape index (κ3) is 5.40. The molecule has 140 valence electrons. The molecule has 0 aliphatic carbocycles. The fraction of sp³-hybridized carbons (Fsp3) is 0.267. The number of carbonyl (C=O) groups is 2. The normalized spacial score (nSPS) is 11.0. The molecule has 1 heterocycles. The van der Waals surface area contributed by atoms with Crippen LogP contribution in [0.25, 0.3) is 0 Å². The summed E-state index contributed by atoms with van der Waals surface area (Å²) in [6, 6.07) is 4.60. The Morgan fingerprint density at radius 3 is 2.46 bits per heavy atom. The van der Waals surface area contributed by atoms with Crippen LogP contribution in [0.15, 0.2) is 30.5 Å². The lowest BCUT2D eigenvalue weighted by Gasteiger charge is -2.10. The van der Waals surface area contributed by atoms with Gasteiger partial charge in [0.2, 0.25) is 11.8 Å². The Morgan fingerprint density at radius 2 is 1.88 bits per heavy atom. The Hall–Kier alpha value is -3.24. The highest BCUT2D eigenvalue weighted by molar-refractivity contribution is 6.00. The number of halogens is 3. The zero-order valence-electron chi connectivity index (χ0n) is 13.8. The number of ether oxygens (including phenoxy) is 2. The number of aromatic nitrogens is 2. The van der Waals surface area contributed by atoms with Crippen molar-refractivity contribution in [2.45, 2.75) is 6.36 Å². The highest BCUT2D eigenvalue weighted by Crippen LogP contribution is 2.23. The highest BCUT2D eigenvalue weighted by atomic mass is 19.4. The molecule has 0 radical (unpaired) electrons. The lowest BCUT2D eigenvalue weighted by Crippen LogP contribution is -2.32. The Bertz CT molecular complexity index is 787. The van der Waals surface area contributed by atoms with E-state index in [9.17, 15) is 22.8 Å². The summed E-state index contributed by atoms with van der Waals surface area (Å²) in [7, 11) is 2.97. The molecular weight excluding hydrogens is 357 g/mol. The number of methoxy groups -OCH3 is 1. The summed E-state index contributed by atoms with van der Waals surface area (Å²) in [5.41, 5.74) is 0.411. The molecule has 8 nitrogen and oxygen atoms in total. The number of hydrogen-bond donors (Lipinski definition) is 2. The third-order valence-electron chi connectivity index (χ3n) is 3.01. The second-order valence-electron chi connectivity index (χ2n) is 5.03. The molecule has 2 rings (SSSR count). The van der Waals surface area contributed by atoms with Crippen LogP contribution in [0.2, 0.25) is 0 Å². The molecule has 2 amide bonds. The number of hydrogen-bond acceptors (Lipinski definition) is 5. The fourth-order valence-electron chi connectivity index (χ4n) is 1.98. The zero-order valence-corrected chi connectivity index (χ0v) is 13.8. The van der Waals surface area contributed by atoms with E-state index >= 15 is 0 Å². The summed E-state index contributed by atoms with van der Waals surface area (Å²) in [6.07, 6.45) is -3.35. The maximum absolute atomic E-state index is 12.1. The molecular formula is C15H15F3N4O4. The predicted octanol–water partition coefficient (Wildman–Crippen LogP) is 1.70. The van der Waals surface area contributed by atoms with E-state index in [4.69, 9.17) is 4.74 Å². The smallest absolute Gasteiger partial charge is 0.479 e. The van der Waals surface area contributed by atoms with E-state index in [1.165, 1.54) is 30.1 Å². The number of amides is 2. The van der Waals surface area contributed by atoms with E-state index in [0.717, 1.165) is 12.1 Å². The van der Waals surface area contributed by atoms with Crippen molar-refractivity contribution in [1.82, 2.24) is 15.1 Å². The van der Waals surface area contributed by atoms with Gasteiger partial charge in [-0.25, -0.2) is 0 Å². The number of aryl methyl sites for hydroxylation is 1. The summed E-state index contributed by atoms with van der Waals surface area (Å²) in [4.78, 5) is 23.9. The van der Waals surface area contributed by atoms with Gasteiger partial charge in [-0.3, -0.25) is 14.3 Å². The Kier molecular flexibility index (Phi) is 5.70. The number of benzene rings is 1. The predicted molar refractivity (Wildman–Crippen MR) is 83.8 cm³/mol. The van der Waals surface area contributed by atoms with Gasteiger partial charge in [-0.15, -0.1) is 18.3 Å². The Morgan fingerprint density at radius 1 is 1.23 bits per heavy atom. The van der Waals surface area contributed by atoms with Crippen LogP contribution in [0.1, 0.15) is 10.4 Å². The minimum Gasteiger partial charge on any atom is -0.479 e. The molecule has 0 fully saturated rings. The average Bonchev–Trinajstić information content (AvgIpc) is 2.94. The van der Waals surface area contributed by atoms with Crippen LogP contribution in [0.5, 0.6) is 11.6 Å². The molecule has 0 saturated carbocycles. The van der Waals surface area contributed by atoms with Crippen LogP contribution in [0, 0.1) is 0 Å². The monoisotopic (exact) mass is 372 g/mol. The molecule has 26 heavy (non-hydrogen) atoms. The fourth-order valence-corrected chi connectivity index (χ4v) is 1.98. The van der Waals surface area contributed by atoms with E-state index in [-0.39, 0.29) is 23.7 Å². The first-order chi connectivity index (χ1) is 12.2. The van der Waals surface area contributed by atoms with Gasteiger partial charge in [0, 0.05) is 18.9 Å². The van der Waals surface area contributed by atoms with Crippen molar-refractivity contribution in [2.75, 3.05) is 19.0 Å². The molecule has 0 bridgehead atoms. The zero-order chi connectivity index (χ0) is 19.3. The minimum absolute atomic E-state index is 0.116. The summed E-state index contributed by atoms with van der Waals surface area (Å²) < 4.78 is 46.3. The van der Waals surface area contributed by atoms with Crippen LogP contribution in [-0.4, -0.2) is 41.6 Å². The first kappa shape index (κ1) is 19.1. The van der Waals surface area contributed by atoms with Crippen LogP contribution in [0.4, 0.5) is 18.9 Å². The van der Waals surface area contributed by atoms with E-state index in [0.29, 0.717) is 0 Å². The van der Waals surface area contributed by atoms with E-state index in [1.807, 2.05) is 0 Å². The van der Waals surface area contributed by atoms with Crippen molar-refractivity contribution in [3.8, 4) is 11.6 Å². The second-order valence-corrected chi connectivity index (χ2v) is 5.03. The van der Waals surface area contributed by atoms with Gasteiger partial charge < -0.3 is 20.1 Å². The Balaban J connectivity index is 1.87. The van der Waals surface area contributed by atoms with Gasteiger partial charge in [-0.05, 0) is 24.3 Å². The van der Waals surface area contributed by atoms with Gasteiger partial charge in [0.1, 0.15) is 11.3 Å². The molecule has 0 unspecified atom stereocenters. The number of rotatable bonds is 6. The van der Waals surface area contributed by atoms with Gasteiger partial charge in [0.25, 0.3) is 5.91 Å². The molecule has 11 heteroatoms. The van der Waals surface area contributed by atoms with Crippen molar-refractivity contribution in [1.29, 1.82) is 0 Å². The standard InChI is InChI=1S/C15H15F3N4O4/c1-22-8-11(14(21-22)25-2)13(24)19-7-12(23)20-9-3-5-10(6-4-9)26-15(16,17)18/h3-6,8H,7H2,1-2H3,(H,19,24)(H,20,23). The van der Waals surface area contributed by atoms with Gasteiger partial charge >= 0.3 is 6.36 Å². The SMILES string of the molecule is COc1nn(C)cc1C(=O)NCC(=O)Nc1ccc(OC(F)(F)F)cc1. The quantitative estimate of drug-likeness (QED) is 0.805. The van der Waals surface area contributed by atoms with Crippen LogP contribution >= 0.6 is 0 Å². The number of anilines is 1. The van der Waals surface area contributed by atoms with E-state index < -0.39 is 23.9 Å². The summed E-state index contributed by atoms with van der Waals surface area (Å²) in [5.74, 6) is -1.41. The van der Waals surface area contributed by atoms with Gasteiger partial charge in [0.15, 0.2) is 0 Å². The maximum atomic E-state index is 12.1. The van der Waals surface area contributed by atoms with Crippen LogP contribution in [-0.2, 0) is 11.8 Å². The lowest BCUT2D eigenvalue weighted by molar-refractivity contribution is -0.274. The van der Waals surface area contributed by atoms with Crippen LogP contribution in [0.3, 0.4) is 0 Å². The third-order valence-corrected chi connectivity index (χ3v) is 3.01. The van der Waals surface area contributed by atoms with Crippen molar-refractivity contribution in [3.63, 3.8) is 0 Å². The molecule has 1 aromatic carbocycles. The Labute approximate surface area is 145 Å². The summed E-state index contributed by atoms with van der Waals surface area (Å²) in [5, 5.41) is 8.74. The lowest BCUT2D eigenvalue weighted by atomic mass is 10.3. The number of nitrogens with one attached hydrogen (secondary N) is 2.